The zero-order chi connectivity index (χ0) is 15.5. The second kappa shape index (κ2) is 6.59. The Kier molecular flexibility index (Phi) is 5.59. The lowest BCUT2D eigenvalue weighted by molar-refractivity contribution is 0.0951. The summed E-state index contributed by atoms with van der Waals surface area (Å²) in [6.45, 7) is 8.13. The van der Waals surface area contributed by atoms with Gasteiger partial charge in [-0.2, -0.15) is 0 Å². The number of amides is 1. The van der Waals surface area contributed by atoms with Gasteiger partial charge in [-0.05, 0) is 43.4 Å². The lowest BCUT2D eigenvalue weighted by atomic mass is 10.0. The summed E-state index contributed by atoms with van der Waals surface area (Å²) >= 11 is 0. The van der Waals surface area contributed by atoms with Gasteiger partial charge in [0.25, 0.3) is 15.0 Å². The van der Waals surface area contributed by atoms with Crippen LogP contribution in [0.25, 0.3) is 0 Å². The fourth-order valence-electron chi connectivity index (χ4n) is 1.91. The van der Waals surface area contributed by atoms with E-state index in [4.69, 9.17) is 10.7 Å². The van der Waals surface area contributed by atoms with E-state index >= 15 is 0 Å². The molecule has 0 saturated heterocycles. The Morgan fingerprint density at radius 3 is 2.35 bits per heavy atom. The van der Waals surface area contributed by atoms with Gasteiger partial charge in [0.15, 0.2) is 0 Å². The van der Waals surface area contributed by atoms with Crippen LogP contribution in [-0.4, -0.2) is 20.9 Å². The minimum absolute atomic E-state index is 0.0150. The normalized spacial score (nSPS) is 11.7. The Labute approximate surface area is 124 Å². The van der Waals surface area contributed by atoms with Crippen LogP contribution in [0.1, 0.15) is 41.8 Å². The van der Waals surface area contributed by atoms with Gasteiger partial charge < -0.3 is 5.32 Å². The first-order valence-corrected chi connectivity index (χ1v) is 8.78. The molecular weight excluding hydrogens is 298 g/mol. The average Bonchev–Trinajstić information content (AvgIpc) is 2.26. The van der Waals surface area contributed by atoms with E-state index in [1.165, 1.54) is 6.07 Å². The molecular formula is C14H20ClNO3S. The van der Waals surface area contributed by atoms with Crippen LogP contribution in [0.2, 0.25) is 0 Å². The van der Waals surface area contributed by atoms with Crippen molar-refractivity contribution in [3.63, 3.8) is 0 Å². The Morgan fingerprint density at radius 1 is 1.25 bits per heavy atom. The molecule has 6 heteroatoms. The van der Waals surface area contributed by atoms with Crippen LogP contribution in [0.5, 0.6) is 0 Å². The van der Waals surface area contributed by atoms with Crippen LogP contribution in [-0.2, 0) is 9.05 Å². The van der Waals surface area contributed by atoms with Crippen molar-refractivity contribution < 1.29 is 13.2 Å². The van der Waals surface area contributed by atoms with Crippen molar-refractivity contribution in [2.24, 2.45) is 5.92 Å². The van der Waals surface area contributed by atoms with Crippen LogP contribution >= 0.6 is 10.7 Å². The molecule has 0 aliphatic rings. The molecule has 1 N–H and O–H groups in total. The predicted molar refractivity (Wildman–Crippen MR) is 80.7 cm³/mol. The molecule has 0 atom stereocenters. The third-order valence-corrected chi connectivity index (χ3v) is 4.50. The number of halogens is 1. The highest BCUT2D eigenvalue weighted by atomic mass is 35.7. The van der Waals surface area contributed by atoms with E-state index in [-0.39, 0.29) is 10.8 Å². The zero-order valence-electron chi connectivity index (χ0n) is 12.2. The van der Waals surface area contributed by atoms with E-state index in [1.807, 2.05) is 0 Å². The summed E-state index contributed by atoms with van der Waals surface area (Å²) in [6.07, 6.45) is 0.872. The van der Waals surface area contributed by atoms with Crippen molar-refractivity contribution in [3.05, 3.63) is 28.8 Å². The molecule has 1 aromatic rings. The van der Waals surface area contributed by atoms with Crippen molar-refractivity contribution in [1.82, 2.24) is 5.32 Å². The number of aryl methyl sites for hydroxylation is 2. The Hall–Kier alpha value is -1.07. The molecule has 1 rings (SSSR count). The number of hydrogen-bond acceptors (Lipinski definition) is 3. The van der Waals surface area contributed by atoms with Crippen molar-refractivity contribution >= 4 is 25.6 Å². The lowest BCUT2D eigenvalue weighted by Crippen LogP contribution is -2.26. The number of carbonyl (C=O) groups is 1. The van der Waals surface area contributed by atoms with E-state index in [2.05, 4.69) is 19.2 Å². The highest BCUT2D eigenvalue weighted by molar-refractivity contribution is 8.13. The average molecular weight is 318 g/mol. The monoisotopic (exact) mass is 317 g/mol. The van der Waals surface area contributed by atoms with Crippen LogP contribution in [0.15, 0.2) is 17.0 Å². The van der Waals surface area contributed by atoms with Crippen LogP contribution in [0.4, 0.5) is 0 Å². The molecule has 4 nitrogen and oxygen atoms in total. The molecule has 0 aromatic heterocycles. The maximum Gasteiger partial charge on any atom is 0.261 e. The SMILES string of the molecule is Cc1cc(C)c(S(=O)(=O)Cl)cc1C(=O)NCCC(C)C. The first-order valence-electron chi connectivity index (χ1n) is 6.47. The third kappa shape index (κ3) is 4.49. The van der Waals surface area contributed by atoms with Crippen molar-refractivity contribution in [3.8, 4) is 0 Å². The summed E-state index contributed by atoms with van der Waals surface area (Å²) in [7, 11) is 1.53. The van der Waals surface area contributed by atoms with E-state index in [9.17, 15) is 13.2 Å². The molecule has 112 valence electrons. The number of rotatable bonds is 5. The maximum absolute atomic E-state index is 12.1. The highest BCUT2D eigenvalue weighted by Crippen LogP contribution is 2.23. The molecule has 0 heterocycles. The van der Waals surface area contributed by atoms with Gasteiger partial charge in [-0.3, -0.25) is 4.79 Å². The molecule has 0 unspecified atom stereocenters. The van der Waals surface area contributed by atoms with Crippen LogP contribution < -0.4 is 5.32 Å². The molecule has 0 radical (unpaired) electrons. The lowest BCUT2D eigenvalue weighted by Gasteiger charge is -2.11. The summed E-state index contributed by atoms with van der Waals surface area (Å²) in [5, 5.41) is 2.79. The van der Waals surface area contributed by atoms with E-state index in [0.717, 1.165) is 12.0 Å². The number of hydrogen-bond donors (Lipinski definition) is 1. The van der Waals surface area contributed by atoms with E-state index < -0.39 is 9.05 Å². The summed E-state index contributed by atoms with van der Waals surface area (Å²) in [5.41, 5.74) is 1.61. The fraction of sp³-hybridized carbons (Fsp3) is 0.500. The smallest absolute Gasteiger partial charge is 0.261 e. The molecule has 0 saturated carbocycles. The molecule has 1 aromatic carbocycles. The minimum Gasteiger partial charge on any atom is -0.352 e. The Bertz CT molecular complexity index is 609. The van der Waals surface area contributed by atoms with Gasteiger partial charge in [-0.1, -0.05) is 19.9 Å². The molecule has 1 amide bonds. The van der Waals surface area contributed by atoms with Crippen molar-refractivity contribution in [2.45, 2.75) is 39.0 Å². The maximum atomic E-state index is 12.1. The van der Waals surface area contributed by atoms with Gasteiger partial charge >= 0.3 is 0 Å². The zero-order valence-corrected chi connectivity index (χ0v) is 13.7. The standard InChI is InChI=1S/C14H20ClNO3S/c1-9(2)5-6-16-14(17)12-8-13(20(15,18)19)11(4)7-10(12)3/h7-9H,5-6H2,1-4H3,(H,16,17). The molecule has 0 spiro atoms. The Balaban J connectivity index is 3.04. The van der Waals surface area contributed by atoms with Gasteiger partial charge in [0, 0.05) is 22.8 Å². The molecule has 0 bridgehead atoms. The van der Waals surface area contributed by atoms with Gasteiger partial charge in [0.1, 0.15) is 0 Å². The largest absolute Gasteiger partial charge is 0.352 e. The molecule has 0 aliphatic carbocycles. The quantitative estimate of drug-likeness (QED) is 0.849. The second-order valence-electron chi connectivity index (χ2n) is 5.31. The highest BCUT2D eigenvalue weighted by Gasteiger charge is 2.18. The van der Waals surface area contributed by atoms with Gasteiger partial charge in [-0.15, -0.1) is 0 Å². The molecule has 0 aliphatic heterocycles. The number of benzene rings is 1. The van der Waals surface area contributed by atoms with E-state index in [1.54, 1.807) is 19.9 Å². The van der Waals surface area contributed by atoms with Crippen LogP contribution in [0.3, 0.4) is 0 Å². The van der Waals surface area contributed by atoms with E-state index in [0.29, 0.717) is 23.6 Å². The second-order valence-corrected chi connectivity index (χ2v) is 7.84. The third-order valence-electron chi connectivity index (χ3n) is 3.04. The molecule has 20 heavy (non-hydrogen) atoms. The summed E-state index contributed by atoms with van der Waals surface area (Å²) in [4.78, 5) is 12.1. The van der Waals surface area contributed by atoms with Crippen molar-refractivity contribution in [2.75, 3.05) is 6.54 Å². The Morgan fingerprint density at radius 2 is 1.85 bits per heavy atom. The first kappa shape index (κ1) is 17.0. The summed E-state index contributed by atoms with van der Waals surface area (Å²) in [6, 6.07) is 3.00. The van der Waals surface area contributed by atoms with Crippen molar-refractivity contribution in [1.29, 1.82) is 0 Å². The van der Waals surface area contributed by atoms with Crippen LogP contribution in [0, 0.1) is 19.8 Å². The summed E-state index contributed by atoms with van der Waals surface area (Å²) in [5.74, 6) is 0.220. The van der Waals surface area contributed by atoms with Gasteiger partial charge in [0.2, 0.25) is 0 Å². The minimum atomic E-state index is -3.85. The van der Waals surface area contributed by atoms with Gasteiger partial charge in [-0.25, -0.2) is 8.42 Å². The predicted octanol–water partition coefficient (Wildman–Crippen LogP) is 3.01. The fourth-order valence-corrected chi connectivity index (χ4v) is 3.11. The first-order chi connectivity index (χ1) is 9.12. The summed E-state index contributed by atoms with van der Waals surface area (Å²) < 4.78 is 23.0. The molecule has 0 fully saturated rings. The number of carbonyl (C=O) groups excluding carboxylic acids is 1. The van der Waals surface area contributed by atoms with Gasteiger partial charge in [0.05, 0.1) is 4.90 Å². The topological polar surface area (TPSA) is 63.2 Å². The number of nitrogens with one attached hydrogen (secondary N) is 1.